The molecule has 1 saturated heterocycles. The number of morpholine rings is 1. The van der Waals surface area contributed by atoms with Gasteiger partial charge in [0.2, 0.25) is 5.91 Å². The van der Waals surface area contributed by atoms with E-state index in [1.54, 1.807) is 30.3 Å². The number of benzene rings is 2. The van der Waals surface area contributed by atoms with E-state index in [0.717, 1.165) is 25.1 Å². The molecule has 164 valence electrons. The normalized spacial score (nSPS) is 21.9. The zero-order valence-corrected chi connectivity index (χ0v) is 17.6. The number of rotatable bonds is 7. The van der Waals surface area contributed by atoms with Crippen molar-refractivity contribution in [3.05, 3.63) is 65.5 Å². The van der Waals surface area contributed by atoms with E-state index in [2.05, 4.69) is 22.5 Å². The Bertz CT molecular complexity index is 928. The van der Waals surface area contributed by atoms with Crippen LogP contribution in [0.5, 0.6) is 0 Å². The number of carbonyl (C=O) groups excluding carboxylic acids is 2. The maximum atomic E-state index is 13.8. The molecule has 2 aromatic rings. The fraction of sp³-hybridized carbons (Fsp3) is 0.417. The van der Waals surface area contributed by atoms with Crippen molar-refractivity contribution in [3.63, 3.8) is 0 Å². The van der Waals surface area contributed by atoms with Crippen LogP contribution in [0.3, 0.4) is 0 Å². The molecule has 1 saturated carbocycles. The molecule has 2 aliphatic rings. The second-order valence-corrected chi connectivity index (χ2v) is 8.32. The van der Waals surface area contributed by atoms with Gasteiger partial charge in [-0.05, 0) is 54.3 Å². The summed E-state index contributed by atoms with van der Waals surface area (Å²) in [5, 5.41) is 5.87. The van der Waals surface area contributed by atoms with Gasteiger partial charge in [-0.25, -0.2) is 4.39 Å². The van der Waals surface area contributed by atoms with Crippen LogP contribution in [-0.4, -0.2) is 49.6 Å². The van der Waals surface area contributed by atoms with Crippen molar-refractivity contribution in [3.8, 4) is 0 Å². The summed E-state index contributed by atoms with van der Waals surface area (Å²) in [5.41, 5.74) is 2.03. The highest BCUT2D eigenvalue weighted by Crippen LogP contribution is 2.38. The number of nitrogens with one attached hydrogen (secondary N) is 2. The van der Waals surface area contributed by atoms with E-state index in [1.807, 2.05) is 6.07 Å². The van der Waals surface area contributed by atoms with E-state index in [0.29, 0.717) is 36.9 Å². The predicted molar refractivity (Wildman–Crippen MR) is 116 cm³/mol. The van der Waals surface area contributed by atoms with Gasteiger partial charge in [-0.15, -0.1) is 0 Å². The lowest BCUT2D eigenvalue weighted by Gasteiger charge is -2.35. The molecule has 3 atom stereocenters. The first-order valence-electron chi connectivity index (χ1n) is 10.8. The third-order valence-electron chi connectivity index (χ3n) is 6.04. The van der Waals surface area contributed by atoms with Gasteiger partial charge in [0.05, 0.1) is 19.3 Å². The summed E-state index contributed by atoms with van der Waals surface area (Å²) >= 11 is 0. The Morgan fingerprint density at radius 3 is 2.52 bits per heavy atom. The molecule has 2 fully saturated rings. The Morgan fingerprint density at radius 2 is 1.87 bits per heavy atom. The first-order valence-corrected chi connectivity index (χ1v) is 10.8. The number of hydrogen-bond acceptors (Lipinski definition) is 4. The topological polar surface area (TPSA) is 70.7 Å². The molecule has 3 unspecified atom stereocenters. The third-order valence-corrected chi connectivity index (χ3v) is 6.04. The van der Waals surface area contributed by atoms with E-state index in [4.69, 9.17) is 4.74 Å². The molecule has 6 nitrogen and oxygen atoms in total. The Kier molecular flexibility index (Phi) is 6.63. The van der Waals surface area contributed by atoms with Crippen LogP contribution in [-0.2, 0) is 9.53 Å². The van der Waals surface area contributed by atoms with Crippen LogP contribution < -0.4 is 10.6 Å². The molecular weight excluding hydrogens is 397 g/mol. The van der Waals surface area contributed by atoms with Crippen molar-refractivity contribution in [2.24, 2.45) is 11.8 Å². The number of anilines is 1. The zero-order valence-electron chi connectivity index (χ0n) is 17.6. The van der Waals surface area contributed by atoms with Gasteiger partial charge in [0.25, 0.3) is 5.91 Å². The van der Waals surface area contributed by atoms with Crippen LogP contribution in [0.2, 0.25) is 0 Å². The van der Waals surface area contributed by atoms with Crippen molar-refractivity contribution in [2.75, 3.05) is 38.2 Å². The summed E-state index contributed by atoms with van der Waals surface area (Å²) < 4.78 is 19.2. The largest absolute Gasteiger partial charge is 0.379 e. The van der Waals surface area contributed by atoms with E-state index >= 15 is 0 Å². The summed E-state index contributed by atoms with van der Waals surface area (Å²) in [4.78, 5) is 27.0. The van der Waals surface area contributed by atoms with Gasteiger partial charge in [0, 0.05) is 36.8 Å². The van der Waals surface area contributed by atoms with E-state index in [1.165, 1.54) is 12.1 Å². The zero-order chi connectivity index (χ0) is 21.8. The lowest BCUT2D eigenvalue weighted by atomic mass is 10.0. The smallest absolute Gasteiger partial charge is 0.251 e. The lowest BCUT2D eigenvalue weighted by Crippen LogP contribution is -2.43. The standard InChI is InChI=1S/C24H28FN3O3/c1-16-13-21(16)24(30)27-20-7-5-17(6-8-20)23(29)26-15-22(28-9-11-31-12-10-28)18-3-2-4-19(25)14-18/h2-8,14,16,21-22H,9-13,15H2,1H3,(H,26,29)(H,27,30). The monoisotopic (exact) mass is 425 g/mol. The SMILES string of the molecule is CC1CC1C(=O)Nc1ccc(C(=O)NCC(c2cccc(F)c2)N2CCOCC2)cc1. The van der Waals surface area contributed by atoms with Gasteiger partial charge in [-0.1, -0.05) is 19.1 Å². The summed E-state index contributed by atoms with van der Waals surface area (Å²) in [6.45, 7) is 5.11. The molecule has 1 aliphatic carbocycles. The number of amides is 2. The molecule has 0 aromatic heterocycles. The minimum absolute atomic E-state index is 0.0353. The fourth-order valence-electron chi connectivity index (χ4n) is 3.98. The second-order valence-electron chi connectivity index (χ2n) is 8.32. The Hall–Kier alpha value is -2.77. The fourth-order valence-corrected chi connectivity index (χ4v) is 3.98. The summed E-state index contributed by atoms with van der Waals surface area (Å²) in [6.07, 6.45) is 0.932. The van der Waals surface area contributed by atoms with Gasteiger partial charge >= 0.3 is 0 Å². The quantitative estimate of drug-likeness (QED) is 0.715. The van der Waals surface area contributed by atoms with E-state index in [-0.39, 0.29) is 29.6 Å². The second kappa shape index (κ2) is 9.58. The van der Waals surface area contributed by atoms with Crippen LogP contribution in [0, 0.1) is 17.7 Å². The van der Waals surface area contributed by atoms with Crippen molar-refractivity contribution < 1.29 is 18.7 Å². The molecular formula is C24H28FN3O3. The molecule has 0 radical (unpaired) electrons. The molecule has 2 aromatic carbocycles. The Morgan fingerprint density at radius 1 is 1.16 bits per heavy atom. The Labute approximate surface area is 181 Å². The predicted octanol–water partition coefficient (Wildman–Crippen LogP) is 3.22. The lowest BCUT2D eigenvalue weighted by molar-refractivity contribution is -0.117. The molecule has 0 spiro atoms. The number of hydrogen-bond donors (Lipinski definition) is 2. The molecule has 2 N–H and O–H groups in total. The van der Waals surface area contributed by atoms with E-state index < -0.39 is 0 Å². The highest BCUT2D eigenvalue weighted by molar-refractivity contribution is 5.97. The van der Waals surface area contributed by atoms with Crippen LogP contribution in [0.4, 0.5) is 10.1 Å². The van der Waals surface area contributed by atoms with Crippen molar-refractivity contribution >= 4 is 17.5 Å². The summed E-state index contributed by atoms with van der Waals surface area (Å²) in [6, 6.07) is 13.3. The van der Waals surface area contributed by atoms with Crippen LogP contribution in [0.25, 0.3) is 0 Å². The number of nitrogens with zero attached hydrogens (tertiary/aromatic N) is 1. The Balaban J connectivity index is 1.38. The van der Waals surface area contributed by atoms with Gasteiger partial charge in [-0.2, -0.15) is 0 Å². The minimum Gasteiger partial charge on any atom is -0.379 e. The number of carbonyl (C=O) groups is 2. The molecule has 4 rings (SSSR count). The maximum absolute atomic E-state index is 13.8. The highest BCUT2D eigenvalue weighted by atomic mass is 19.1. The van der Waals surface area contributed by atoms with Crippen LogP contribution in [0.1, 0.15) is 35.3 Å². The number of halogens is 1. The third kappa shape index (κ3) is 5.48. The van der Waals surface area contributed by atoms with Gasteiger partial charge < -0.3 is 15.4 Å². The van der Waals surface area contributed by atoms with E-state index in [9.17, 15) is 14.0 Å². The molecule has 2 amide bonds. The first kappa shape index (κ1) is 21.5. The first-order chi connectivity index (χ1) is 15.0. The van der Waals surface area contributed by atoms with Crippen molar-refractivity contribution in [2.45, 2.75) is 19.4 Å². The number of ether oxygens (including phenoxy) is 1. The van der Waals surface area contributed by atoms with Gasteiger partial charge in [0.1, 0.15) is 5.82 Å². The van der Waals surface area contributed by atoms with Crippen molar-refractivity contribution in [1.29, 1.82) is 0 Å². The minimum atomic E-state index is -0.291. The summed E-state index contributed by atoms with van der Waals surface area (Å²) in [7, 11) is 0. The molecule has 7 heteroatoms. The average molecular weight is 426 g/mol. The van der Waals surface area contributed by atoms with Crippen molar-refractivity contribution in [1.82, 2.24) is 10.2 Å². The summed E-state index contributed by atoms with van der Waals surface area (Å²) in [5.74, 6) is 0.0855. The van der Waals surface area contributed by atoms with Crippen LogP contribution >= 0.6 is 0 Å². The van der Waals surface area contributed by atoms with Gasteiger partial charge in [-0.3, -0.25) is 14.5 Å². The average Bonchev–Trinajstić information content (AvgIpc) is 3.52. The van der Waals surface area contributed by atoms with Gasteiger partial charge in [0.15, 0.2) is 0 Å². The molecule has 1 aliphatic heterocycles. The molecule has 0 bridgehead atoms. The maximum Gasteiger partial charge on any atom is 0.251 e. The van der Waals surface area contributed by atoms with Crippen LogP contribution in [0.15, 0.2) is 48.5 Å². The highest BCUT2D eigenvalue weighted by Gasteiger charge is 2.39. The molecule has 31 heavy (non-hydrogen) atoms. The molecule has 1 heterocycles.